The predicted molar refractivity (Wildman–Crippen MR) is 55.0 cm³/mol. The van der Waals surface area contributed by atoms with Crippen LogP contribution in [-0.4, -0.2) is 36.0 Å². The Balaban J connectivity index is 2.35. The van der Waals surface area contributed by atoms with Crippen molar-refractivity contribution >= 4 is 9.84 Å². The zero-order chi connectivity index (χ0) is 11.1. The van der Waals surface area contributed by atoms with Crippen LogP contribution < -0.4 is 5.32 Å². The van der Waals surface area contributed by atoms with Crippen LogP contribution in [-0.2, 0) is 22.1 Å². The summed E-state index contributed by atoms with van der Waals surface area (Å²) in [4.78, 5) is 0. The van der Waals surface area contributed by atoms with Crippen molar-refractivity contribution in [2.45, 2.75) is 25.3 Å². The molecule has 1 aromatic heterocycles. The molecule has 0 spiro atoms. The van der Waals surface area contributed by atoms with Crippen molar-refractivity contribution in [3.8, 4) is 0 Å². The summed E-state index contributed by atoms with van der Waals surface area (Å²) < 4.78 is 24.2. The minimum Gasteiger partial charge on any atom is -0.312 e. The summed E-state index contributed by atoms with van der Waals surface area (Å²) in [6.45, 7) is 3.55. The third-order valence-corrected chi connectivity index (χ3v) is 3.20. The number of nitrogens with one attached hydrogen (secondary N) is 1. The van der Waals surface area contributed by atoms with Crippen molar-refractivity contribution in [3.63, 3.8) is 0 Å². The fourth-order valence-corrected chi connectivity index (χ4v) is 2.42. The highest BCUT2D eigenvalue weighted by atomic mass is 32.2. The van der Waals surface area contributed by atoms with Gasteiger partial charge in [-0.2, -0.15) is 0 Å². The third-order valence-electron chi connectivity index (χ3n) is 2.42. The third kappa shape index (κ3) is 2.18. The van der Waals surface area contributed by atoms with Crippen molar-refractivity contribution in [1.29, 1.82) is 0 Å². The van der Waals surface area contributed by atoms with Crippen LogP contribution in [0.1, 0.15) is 24.6 Å². The average molecular weight is 230 g/mol. The lowest BCUT2D eigenvalue weighted by Crippen LogP contribution is -2.32. The van der Waals surface area contributed by atoms with Gasteiger partial charge in [0.25, 0.3) is 0 Å². The first-order chi connectivity index (χ1) is 6.97. The maximum absolute atomic E-state index is 11.2. The first-order valence-electron chi connectivity index (χ1n) is 4.80. The standard InChI is InChI=1S/C8H14N4O2S/c1-6-8-11-10-7(5-15(2,13)14)12(8)4-3-9-6/h6,9H,3-5H2,1-2H3. The van der Waals surface area contributed by atoms with Crippen molar-refractivity contribution in [2.75, 3.05) is 12.8 Å². The normalized spacial score (nSPS) is 21.3. The molecule has 1 aromatic rings. The Hall–Kier alpha value is -0.950. The second-order valence-corrected chi connectivity index (χ2v) is 6.01. The first-order valence-corrected chi connectivity index (χ1v) is 6.86. The molecule has 1 aliphatic heterocycles. The van der Waals surface area contributed by atoms with E-state index in [0.717, 1.165) is 18.9 Å². The molecule has 1 N–H and O–H groups in total. The van der Waals surface area contributed by atoms with E-state index in [9.17, 15) is 8.42 Å². The summed E-state index contributed by atoms with van der Waals surface area (Å²) in [7, 11) is -3.04. The van der Waals surface area contributed by atoms with Crippen LogP contribution >= 0.6 is 0 Å². The summed E-state index contributed by atoms with van der Waals surface area (Å²) in [6, 6.07) is 0.138. The second-order valence-electron chi connectivity index (χ2n) is 3.87. The number of rotatable bonds is 2. The van der Waals surface area contributed by atoms with E-state index in [1.807, 2.05) is 11.5 Å². The molecule has 6 nitrogen and oxygen atoms in total. The maximum atomic E-state index is 11.2. The molecule has 0 bridgehead atoms. The molecular formula is C8H14N4O2S. The van der Waals surface area contributed by atoms with Gasteiger partial charge in [-0.25, -0.2) is 8.42 Å². The summed E-state index contributed by atoms with van der Waals surface area (Å²) in [6.07, 6.45) is 1.21. The molecule has 0 fully saturated rings. The number of hydrogen-bond donors (Lipinski definition) is 1. The molecule has 0 saturated heterocycles. The molecule has 1 atom stereocenters. The zero-order valence-corrected chi connectivity index (χ0v) is 9.58. The van der Waals surface area contributed by atoms with E-state index >= 15 is 0 Å². The highest BCUT2D eigenvalue weighted by Gasteiger charge is 2.22. The zero-order valence-electron chi connectivity index (χ0n) is 8.77. The van der Waals surface area contributed by atoms with E-state index in [2.05, 4.69) is 15.5 Å². The van der Waals surface area contributed by atoms with E-state index in [-0.39, 0.29) is 11.8 Å². The molecule has 0 aromatic carbocycles. The van der Waals surface area contributed by atoms with Gasteiger partial charge in [0.05, 0.1) is 6.04 Å². The van der Waals surface area contributed by atoms with E-state index < -0.39 is 9.84 Å². The Bertz CT molecular complexity index is 465. The molecular weight excluding hydrogens is 216 g/mol. The second kappa shape index (κ2) is 3.57. The molecule has 15 heavy (non-hydrogen) atoms. The molecule has 2 heterocycles. The Kier molecular flexibility index (Phi) is 2.51. The maximum Gasteiger partial charge on any atom is 0.154 e. The summed E-state index contributed by atoms with van der Waals surface area (Å²) in [5, 5.41) is 11.2. The molecule has 0 amide bonds. The van der Waals surface area contributed by atoms with Crippen molar-refractivity contribution in [2.24, 2.45) is 0 Å². The van der Waals surface area contributed by atoms with Gasteiger partial charge in [0, 0.05) is 19.3 Å². The average Bonchev–Trinajstić information content (AvgIpc) is 2.48. The fourth-order valence-electron chi connectivity index (χ4n) is 1.74. The Labute approximate surface area is 88.6 Å². The van der Waals surface area contributed by atoms with Crippen LogP contribution in [0.15, 0.2) is 0 Å². The quantitative estimate of drug-likeness (QED) is 0.740. The molecule has 1 aliphatic rings. The van der Waals surface area contributed by atoms with E-state index in [4.69, 9.17) is 0 Å². The Morgan fingerprint density at radius 1 is 1.53 bits per heavy atom. The smallest absolute Gasteiger partial charge is 0.154 e. The lowest BCUT2D eigenvalue weighted by molar-refractivity contribution is 0.431. The number of sulfone groups is 1. The van der Waals surface area contributed by atoms with Gasteiger partial charge < -0.3 is 9.88 Å². The van der Waals surface area contributed by atoms with Crippen LogP contribution in [0, 0.1) is 0 Å². The van der Waals surface area contributed by atoms with Gasteiger partial charge in [-0.1, -0.05) is 0 Å². The van der Waals surface area contributed by atoms with E-state index in [1.54, 1.807) is 0 Å². The minimum absolute atomic E-state index is 0.0350. The van der Waals surface area contributed by atoms with Crippen LogP contribution in [0.2, 0.25) is 0 Å². The number of nitrogens with zero attached hydrogens (tertiary/aromatic N) is 3. The summed E-state index contributed by atoms with van der Waals surface area (Å²) >= 11 is 0. The van der Waals surface area contributed by atoms with Gasteiger partial charge in [-0.15, -0.1) is 10.2 Å². The summed E-state index contributed by atoms with van der Waals surface area (Å²) in [5.74, 6) is 1.33. The van der Waals surface area contributed by atoms with Crippen molar-refractivity contribution in [1.82, 2.24) is 20.1 Å². The Morgan fingerprint density at radius 2 is 2.27 bits per heavy atom. The number of aromatic nitrogens is 3. The molecule has 7 heteroatoms. The number of fused-ring (bicyclic) bond motifs is 1. The molecule has 0 saturated carbocycles. The molecule has 0 aliphatic carbocycles. The molecule has 1 unspecified atom stereocenters. The van der Waals surface area contributed by atoms with Crippen molar-refractivity contribution < 1.29 is 8.42 Å². The van der Waals surface area contributed by atoms with Gasteiger partial charge in [-0.05, 0) is 6.92 Å². The van der Waals surface area contributed by atoms with E-state index in [0.29, 0.717) is 5.82 Å². The number of hydrogen-bond acceptors (Lipinski definition) is 5. The minimum atomic E-state index is -3.04. The van der Waals surface area contributed by atoms with Gasteiger partial charge in [0.2, 0.25) is 0 Å². The van der Waals surface area contributed by atoms with Gasteiger partial charge in [0.1, 0.15) is 17.4 Å². The first kappa shape index (κ1) is 10.6. The van der Waals surface area contributed by atoms with Crippen LogP contribution in [0.25, 0.3) is 0 Å². The SMILES string of the molecule is CC1NCCn2c(CS(C)(=O)=O)nnc21. The highest BCUT2D eigenvalue weighted by molar-refractivity contribution is 7.89. The van der Waals surface area contributed by atoms with Crippen LogP contribution in [0.5, 0.6) is 0 Å². The largest absolute Gasteiger partial charge is 0.312 e. The van der Waals surface area contributed by atoms with Gasteiger partial charge in [-0.3, -0.25) is 0 Å². The lowest BCUT2D eigenvalue weighted by atomic mass is 10.2. The fraction of sp³-hybridized carbons (Fsp3) is 0.750. The van der Waals surface area contributed by atoms with Crippen LogP contribution in [0.3, 0.4) is 0 Å². The lowest BCUT2D eigenvalue weighted by Gasteiger charge is -2.21. The highest BCUT2D eigenvalue weighted by Crippen LogP contribution is 2.16. The van der Waals surface area contributed by atoms with Crippen molar-refractivity contribution in [3.05, 3.63) is 11.6 Å². The topological polar surface area (TPSA) is 76.9 Å². The molecule has 2 rings (SSSR count). The monoisotopic (exact) mass is 230 g/mol. The molecule has 0 radical (unpaired) electrons. The Morgan fingerprint density at radius 3 is 2.93 bits per heavy atom. The van der Waals surface area contributed by atoms with Gasteiger partial charge >= 0.3 is 0 Å². The predicted octanol–water partition coefficient (Wildman–Crippen LogP) is -0.513. The van der Waals surface area contributed by atoms with E-state index in [1.165, 1.54) is 6.26 Å². The van der Waals surface area contributed by atoms with Gasteiger partial charge in [0.15, 0.2) is 9.84 Å². The summed E-state index contributed by atoms with van der Waals surface area (Å²) in [5.41, 5.74) is 0. The molecule has 84 valence electrons. The van der Waals surface area contributed by atoms with Crippen LogP contribution in [0.4, 0.5) is 0 Å².